The lowest BCUT2D eigenvalue weighted by Crippen LogP contribution is -2.37. The molecule has 0 N–H and O–H groups in total. The molecule has 1 saturated heterocycles. The SMILES string of the molecule is CCOC(=O)c1cnc2ccc(N3CCCC3c3cc(F)cnc3C#C[C@@H](C)N3C(=O)c4ccccc4C3=O)nn12. The number of aromatic nitrogens is 4. The number of carbonyl (C=O) groups excluding carboxylic acids is 3. The maximum Gasteiger partial charge on any atom is 0.358 e. The zero-order valence-electron chi connectivity index (χ0n) is 22.4. The van der Waals surface area contributed by atoms with Gasteiger partial charge in [0.15, 0.2) is 11.3 Å². The molecule has 0 saturated carbocycles. The molecular formula is C30H25FN6O4. The highest BCUT2D eigenvalue weighted by molar-refractivity contribution is 6.21. The van der Waals surface area contributed by atoms with Gasteiger partial charge in [-0.05, 0) is 62.9 Å². The van der Waals surface area contributed by atoms with Crippen molar-refractivity contribution < 1.29 is 23.5 Å². The van der Waals surface area contributed by atoms with E-state index in [4.69, 9.17) is 4.74 Å². The number of ether oxygens (including phenoxy) is 1. The Hall–Kier alpha value is -5.11. The largest absolute Gasteiger partial charge is 0.461 e. The average Bonchev–Trinajstić information content (AvgIpc) is 3.69. The lowest BCUT2D eigenvalue weighted by Gasteiger charge is -2.26. The highest BCUT2D eigenvalue weighted by atomic mass is 19.1. The molecule has 41 heavy (non-hydrogen) atoms. The molecule has 1 fully saturated rings. The molecule has 0 bridgehead atoms. The lowest BCUT2D eigenvalue weighted by atomic mass is 10.0. The third-order valence-electron chi connectivity index (χ3n) is 7.23. The monoisotopic (exact) mass is 552 g/mol. The number of hydrogen-bond donors (Lipinski definition) is 0. The van der Waals surface area contributed by atoms with E-state index in [-0.39, 0.29) is 18.3 Å². The summed E-state index contributed by atoms with van der Waals surface area (Å²) in [6.07, 6.45) is 4.03. The van der Waals surface area contributed by atoms with Gasteiger partial charge in [-0.2, -0.15) is 0 Å². The van der Waals surface area contributed by atoms with Gasteiger partial charge in [0.05, 0.1) is 42.2 Å². The molecular weight excluding hydrogens is 527 g/mol. The van der Waals surface area contributed by atoms with Crippen molar-refractivity contribution in [2.45, 2.75) is 38.8 Å². The summed E-state index contributed by atoms with van der Waals surface area (Å²) in [6.45, 7) is 4.26. The minimum atomic E-state index is -0.728. The fraction of sp³-hybridized carbons (Fsp3) is 0.267. The Bertz CT molecular complexity index is 1740. The van der Waals surface area contributed by atoms with Crippen LogP contribution in [0, 0.1) is 17.7 Å². The van der Waals surface area contributed by atoms with Gasteiger partial charge in [-0.15, -0.1) is 5.10 Å². The second-order valence-corrected chi connectivity index (χ2v) is 9.74. The highest BCUT2D eigenvalue weighted by Gasteiger charge is 2.38. The van der Waals surface area contributed by atoms with Crippen LogP contribution >= 0.6 is 0 Å². The molecule has 2 amide bonds. The van der Waals surface area contributed by atoms with E-state index in [0.29, 0.717) is 46.8 Å². The van der Waals surface area contributed by atoms with Crippen LogP contribution in [0.15, 0.2) is 54.9 Å². The highest BCUT2D eigenvalue weighted by Crippen LogP contribution is 2.36. The lowest BCUT2D eigenvalue weighted by molar-refractivity contribution is 0.0515. The molecule has 3 aromatic heterocycles. The van der Waals surface area contributed by atoms with Crippen molar-refractivity contribution in [2.24, 2.45) is 0 Å². The van der Waals surface area contributed by atoms with E-state index in [1.54, 1.807) is 50.2 Å². The minimum absolute atomic E-state index is 0.209. The average molecular weight is 553 g/mol. The van der Waals surface area contributed by atoms with Gasteiger partial charge in [0.2, 0.25) is 0 Å². The Morgan fingerprint density at radius 1 is 1.12 bits per heavy atom. The third kappa shape index (κ3) is 4.57. The molecule has 0 radical (unpaired) electrons. The molecule has 4 aromatic rings. The number of amides is 2. The van der Waals surface area contributed by atoms with E-state index in [9.17, 15) is 18.8 Å². The first-order valence-electron chi connectivity index (χ1n) is 13.3. The molecule has 10 nitrogen and oxygen atoms in total. The first-order chi connectivity index (χ1) is 19.9. The van der Waals surface area contributed by atoms with E-state index in [0.717, 1.165) is 17.5 Å². The first kappa shape index (κ1) is 26.1. The van der Waals surface area contributed by atoms with E-state index in [2.05, 4.69) is 26.9 Å². The van der Waals surface area contributed by atoms with Crippen LogP contribution in [-0.4, -0.2) is 61.5 Å². The number of carbonyl (C=O) groups is 3. The second-order valence-electron chi connectivity index (χ2n) is 9.74. The predicted octanol–water partition coefficient (Wildman–Crippen LogP) is 3.82. The van der Waals surface area contributed by atoms with Gasteiger partial charge in [0.25, 0.3) is 11.8 Å². The standard InChI is InChI=1S/C30H25FN6O4/c1-3-41-30(40)25-17-33-26-12-13-27(34-37(25)26)35-14-6-9-24(35)22-15-19(31)16-32-23(22)11-10-18(2)36-28(38)20-7-4-5-8-21(20)29(36)39/h4-5,7-8,12-13,15-18,24H,3,6,9,14H2,1-2H3/t18-,24?/m1/s1. The number of nitrogens with zero attached hydrogens (tertiary/aromatic N) is 6. The topological polar surface area (TPSA) is 110 Å². The van der Waals surface area contributed by atoms with Crippen molar-refractivity contribution in [1.29, 1.82) is 0 Å². The number of fused-ring (bicyclic) bond motifs is 2. The van der Waals surface area contributed by atoms with Gasteiger partial charge >= 0.3 is 5.97 Å². The van der Waals surface area contributed by atoms with Crippen LogP contribution in [0.1, 0.15) is 75.2 Å². The van der Waals surface area contributed by atoms with E-state index < -0.39 is 29.6 Å². The summed E-state index contributed by atoms with van der Waals surface area (Å²) in [5.41, 5.74) is 2.32. The molecule has 11 heteroatoms. The van der Waals surface area contributed by atoms with Crippen molar-refractivity contribution in [3.05, 3.63) is 88.8 Å². The van der Waals surface area contributed by atoms with Gasteiger partial charge in [-0.25, -0.2) is 23.7 Å². The molecule has 206 valence electrons. The Morgan fingerprint density at radius 2 is 1.88 bits per heavy atom. The second kappa shape index (κ2) is 10.5. The normalized spacial score (nSPS) is 17.0. The zero-order valence-corrected chi connectivity index (χ0v) is 22.4. The van der Waals surface area contributed by atoms with Crippen LogP contribution in [0.4, 0.5) is 10.2 Å². The molecule has 6 rings (SSSR count). The summed E-state index contributed by atoms with van der Waals surface area (Å²) in [7, 11) is 0. The molecule has 0 spiro atoms. The number of esters is 1. The smallest absolute Gasteiger partial charge is 0.358 e. The van der Waals surface area contributed by atoms with Crippen molar-refractivity contribution in [3.8, 4) is 11.8 Å². The van der Waals surface area contributed by atoms with Crippen LogP contribution in [-0.2, 0) is 4.74 Å². The van der Waals surface area contributed by atoms with Gasteiger partial charge in [0, 0.05) is 12.1 Å². The summed E-state index contributed by atoms with van der Waals surface area (Å²) in [5.74, 6) is 4.72. The summed E-state index contributed by atoms with van der Waals surface area (Å²) in [6, 6.07) is 10.6. The molecule has 2 aliphatic heterocycles. The van der Waals surface area contributed by atoms with Gasteiger partial charge in [0.1, 0.15) is 17.3 Å². The van der Waals surface area contributed by atoms with Crippen molar-refractivity contribution >= 4 is 29.2 Å². The molecule has 2 atom stereocenters. The van der Waals surface area contributed by atoms with Crippen molar-refractivity contribution in [1.82, 2.24) is 24.5 Å². The van der Waals surface area contributed by atoms with Crippen LogP contribution in [0.2, 0.25) is 0 Å². The van der Waals surface area contributed by atoms with E-state index in [1.807, 2.05) is 4.90 Å². The predicted molar refractivity (Wildman–Crippen MR) is 146 cm³/mol. The molecule has 0 aliphatic carbocycles. The summed E-state index contributed by atoms with van der Waals surface area (Å²) in [4.78, 5) is 49.8. The van der Waals surface area contributed by atoms with Gasteiger partial charge < -0.3 is 9.64 Å². The Balaban J connectivity index is 1.32. The summed E-state index contributed by atoms with van der Waals surface area (Å²) < 4.78 is 21.1. The maximum atomic E-state index is 14.5. The fourth-order valence-electron chi connectivity index (χ4n) is 5.34. The van der Waals surface area contributed by atoms with Crippen LogP contribution in [0.25, 0.3) is 5.65 Å². The number of imidazole rings is 1. The van der Waals surface area contributed by atoms with Gasteiger partial charge in [-0.3, -0.25) is 14.5 Å². The van der Waals surface area contributed by atoms with Crippen LogP contribution in [0.5, 0.6) is 0 Å². The number of halogens is 1. The number of benzene rings is 1. The molecule has 1 unspecified atom stereocenters. The number of imide groups is 1. The number of pyridine rings is 1. The van der Waals surface area contributed by atoms with Crippen LogP contribution in [0.3, 0.4) is 0 Å². The van der Waals surface area contributed by atoms with Crippen molar-refractivity contribution in [2.75, 3.05) is 18.1 Å². The number of anilines is 1. The first-order valence-corrected chi connectivity index (χ1v) is 13.3. The molecule has 5 heterocycles. The molecule has 1 aromatic carbocycles. The van der Waals surface area contributed by atoms with Crippen LogP contribution < -0.4 is 4.90 Å². The van der Waals surface area contributed by atoms with E-state index in [1.165, 1.54) is 16.8 Å². The summed E-state index contributed by atoms with van der Waals surface area (Å²) in [5, 5.41) is 4.66. The fourth-order valence-corrected chi connectivity index (χ4v) is 5.34. The Kier molecular flexibility index (Phi) is 6.67. The third-order valence-corrected chi connectivity index (χ3v) is 7.23. The number of rotatable bonds is 5. The molecule has 2 aliphatic rings. The van der Waals surface area contributed by atoms with Gasteiger partial charge in [-0.1, -0.05) is 18.1 Å². The Labute approximate surface area is 234 Å². The van der Waals surface area contributed by atoms with Crippen molar-refractivity contribution in [3.63, 3.8) is 0 Å². The number of hydrogen-bond acceptors (Lipinski definition) is 8. The van der Waals surface area contributed by atoms with E-state index >= 15 is 0 Å². The Morgan fingerprint density at radius 3 is 2.61 bits per heavy atom. The summed E-state index contributed by atoms with van der Waals surface area (Å²) >= 11 is 0. The quantitative estimate of drug-likeness (QED) is 0.209. The minimum Gasteiger partial charge on any atom is -0.461 e. The zero-order chi connectivity index (χ0) is 28.7. The maximum absolute atomic E-state index is 14.5.